The van der Waals surface area contributed by atoms with E-state index in [9.17, 15) is 19.6 Å². The van der Waals surface area contributed by atoms with E-state index in [0.717, 1.165) is 11.3 Å². The topological polar surface area (TPSA) is 132 Å². The molecule has 2 rings (SSSR count). The van der Waals surface area contributed by atoms with Gasteiger partial charge in [0.1, 0.15) is 22.6 Å². The first kappa shape index (κ1) is 19.9. The third-order valence-electron chi connectivity index (χ3n) is 3.40. The Kier molecular flexibility index (Phi) is 6.51. The van der Waals surface area contributed by atoms with Gasteiger partial charge in [0, 0.05) is 18.2 Å². The number of esters is 2. The van der Waals surface area contributed by atoms with Crippen LogP contribution in [0.1, 0.15) is 45.0 Å². The summed E-state index contributed by atoms with van der Waals surface area (Å²) in [6.07, 6.45) is 0. The fraction of sp³-hybridized carbons (Fsp3) is 0.222. The van der Waals surface area contributed by atoms with Crippen LogP contribution in [0.4, 0.5) is 10.7 Å². The lowest BCUT2D eigenvalue weighted by molar-refractivity contribution is -0.114. The highest BCUT2D eigenvalue weighted by molar-refractivity contribution is 7.18. The molecule has 0 saturated heterocycles. The Bertz CT molecular complexity index is 912. The molecule has 1 aromatic heterocycles. The number of nitriles is 1. The minimum Gasteiger partial charge on any atom is -0.462 e. The van der Waals surface area contributed by atoms with Crippen molar-refractivity contribution in [2.45, 2.75) is 20.5 Å². The molecule has 0 aliphatic carbocycles. The Morgan fingerprint density at radius 1 is 1.19 bits per heavy atom. The summed E-state index contributed by atoms with van der Waals surface area (Å²) in [5.74, 6) is -1.50. The second-order valence-corrected chi connectivity index (χ2v) is 6.37. The molecule has 140 valence electrons. The summed E-state index contributed by atoms with van der Waals surface area (Å²) < 4.78 is 10.2. The molecule has 0 unspecified atom stereocenters. The van der Waals surface area contributed by atoms with Gasteiger partial charge in [0.05, 0.1) is 17.7 Å². The number of hydrogen-bond donors (Lipinski definition) is 2. The maximum atomic E-state index is 12.2. The van der Waals surface area contributed by atoms with Gasteiger partial charge in [-0.1, -0.05) is 0 Å². The first-order chi connectivity index (χ1) is 12.9. The molecule has 0 radical (unpaired) electrons. The van der Waals surface area contributed by atoms with Crippen LogP contribution in [0.5, 0.6) is 0 Å². The van der Waals surface area contributed by atoms with E-state index in [4.69, 9.17) is 15.2 Å². The zero-order valence-electron chi connectivity index (χ0n) is 14.7. The highest BCUT2D eigenvalue weighted by atomic mass is 32.1. The molecule has 8 nitrogen and oxygen atoms in total. The number of nitrogens with one attached hydrogen (secondary N) is 1. The molecule has 0 spiro atoms. The molecule has 0 aliphatic rings. The van der Waals surface area contributed by atoms with Crippen molar-refractivity contribution in [3.8, 4) is 6.07 Å². The lowest BCUT2D eigenvalue weighted by Gasteiger charge is -2.07. The number of ether oxygens (including phenoxy) is 2. The van der Waals surface area contributed by atoms with Gasteiger partial charge in [-0.05, 0) is 31.2 Å². The predicted molar refractivity (Wildman–Crippen MR) is 99.3 cm³/mol. The molecule has 0 atom stereocenters. The van der Waals surface area contributed by atoms with Crippen LogP contribution in [0.3, 0.4) is 0 Å². The van der Waals surface area contributed by atoms with Gasteiger partial charge in [0.2, 0.25) is 5.91 Å². The number of thiophene rings is 1. The van der Waals surface area contributed by atoms with Crippen LogP contribution in [0, 0.1) is 11.3 Å². The summed E-state index contributed by atoms with van der Waals surface area (Å²) in [6.45, 7) is 2.91. The molecule has 0 saturated carbocycles. The van der Waals surface area contributed by atoms with Crippen LogP contribution in [0.25, 0.3) is 0 Å². The van der Waals surface area contributed by atoms with Crippen LogP contribution < -0.4 is 11.1 Å². The minimum absolute atomic E-state index is 0.0943. The number of amides is 1. The number of nitrogens with zero attached hydrogens (tertiary/aromatic N) is 1. The second kappa shape index (κ2) is 8.82. The smallest absolute Gasteiger partial charge is 0.348 e. The third kappa shape index (κ3) is 4.83. The third-order valence-corrected chi connectivity index (χ3v) is 4.44. The quantitative estimate of drug-likeness (QED) is 0.728. The Hall–Kier alpha value is -3.38. The molecule has 0 aliphatic heterocycles. The largest absolute Gasteiger partial charge is 0.462 e. The lowest BCUT2D eigenvalue weighted by atomic mass is 10.1. The van der Waals surface area contributed by atoms with Gasteiger partial charge in [-0.2, -0.15) is 5.26 Å². The molecule has 1 aromatic carbocycles. The van der Waals surface area contributed by atoms with Crippen molar-refractivity contribution in [3.63, 3.8) is 0 Å². The van der Waals surface area contributed by atoms with Crippen molar-refractivity contribution in [2.24, 2.45) is 0 Å². The monoisotopic (exact) mass is 387 g/mol. The van der Waals surface area contributed by atoms with E-state index in [1.807, 2.05) is 6.07 Å². The summed E-state index contributed by atoms with van der Waals surface area (Å²) >= 11 is 0.918. The van der Waals surface area contributed by atoms with E-state index in [1.54, 1.807) is 19.1 Å². The fourth-order valence-electron chi connectivity index (χ4n) is 2.22. The molecule has 27 heavy (non-hydrogen) atoms. The fourth-order valence-corrected chi connectivity index (χ4v) is 3.14. The molecule has 0 bridgehead atoms. The van der Waals surface area contributed by atoms with Crippen LogP contribution in [0.2, 0.25) is 0 Å². The maximum Gasteiger partial charge on any atom is 0.348 e. The molecule has 0 fully saturated rings. The Balaban J connectivity index is 2.16. The number of hydrogen-bond acceptors (Lipinski definition) is 8. The summed E-state index contributed by atoms with van der Waals surface area (Å²) in [7, 11) is 0. The number of nitrogens with two attached hydrogens (primary N) is 1. The molecule has 1 heterocycles. The summed E-state index contributed by atoms with van der Waals surface area (Å²) in [6, 6.07) is 8.02. The van der Waals surface area contributed by atoms with Gasteiger partial charge in [-0.15, -0.1) is 11.3 Å². The summed E-state index contributed by atoms with van der Waals surface area (Å²) in [5.41, 5.74) is 6.89. The normalized spacial score (nSPS) is 9.96. The first-order valence-electron chi connectivity index (χ1n) is 7.90. The standard InChI is InChI=1S/C18H17N3O5S/c1-3-25-18(24)15-14(13(8-19)16(20)27-15)9-26-17(23)11-4-6-12(7-5-11)21-10(2)22/h4-7H,3,9,20H2,1-2H3,(H,21,22). The van der Waals surface area contributed by atoms with Gasteiger partial charge in [-0.25, -0.2) is 9.59 Å². The second-order valence-electron chi connectivity index (χ2n) is 5.32. The highest BCUT2D eigenvalue weighted by Gasteiger charge is 2.24. The molecule has 1 amide bonds. The van der Waals surface area contributed by atoms with E-state index in [1.165, 1.54) is 19.1 Å². The van der Waals surface area contributed by atoms with Crippen molar-refractivity contribution in [2.75, 3.05) is 17.7 Å². The van der Waals surface area contributed by atoms with Gasteiger partial charge < -0.3 is 20.5 Å². The first-order valence-corrected chi connectivity index (χ1v) is 8.72. The zero-order chi connectivity index (χ0) is 20.0. The molecular weight excluding hydrogens is 370 g/mol. The van der Waals surface area contributed by atoms with Gasteiger partial charge in [-0.3, -0.25) is 4.79 Å². The number of carbonyl (C=O) groups excluding carboxylic acids is 3. The zero-order valence-corrected chi connectivity index (χ0v) is 15.5. The lowest BCUT2D eigenvalue weighted by Crippen LogP contribution is -2.10. The molecule has 3 N–H and O–H groups in total. The average Bonchev–Trinajstić information content (AvgIpc) is 2.95. The van der Waals surface area contributed by atoms with Crippen LogP contribution in [-0.4, -0.2) is 24.5 Å². The summed E-state index contributed by atoms with van der Waals surface area (Å²) in [4.78, 5) is 35.4. The van der Waals surface area contributed by atoms with Crippen molar-refractivity contribution in [1.29, 1.82) is 5.26 Å². The van der Waals surface area contributed by atoms with Gasteiger partial charge >= 0.3 is 11.9 Å². The molecular formula is C18H17N3O5S. The Labute approximate surface area is 159 Å². The van der Waals surface area contributed by atoms with E-state index < -0.39 is 11.9 Å². The van der Waals surface area contributed by atoms with Gasteiger partial charge in [0.25, 0.3) is 0 Å². The van der Waals surface area contributed by atoms with Crippen molar-refractivity contribution in [1.82, 2.24) is 0 Å². The predicted octanol–water partition coefficient (Wildman–Crippen LogP) is 2.69. The summed E-state index contributed by atoms with van der Waals surface area (Å²) in [5, 5.41) is 12.0. The Morgan fingerprint density at radius 2 is 1.85 bits per heavy atom. The van der Waals surface area contributed by atoms with E-state index in [2.05, 4.69) is 5.32 Å². The van der Waals surface area contributed by atoms with E-state index in [0.29, 0.717) is 5.69 Å². The SMILES string of the molecule is CCOC(=O)c1sc(N)c(C#N)c1COC(=O)c1ccc(NC(C)=O)cc1. The minimum atomic E-state index is -0.646. The number of carbonyl (C=O) groups is 3. The van der Waals surface area contributed by atoms with Crippen LogP contribution in [0.15, 0.2) is 24.3 Å². The average molecular weight is 387 g/mol. The van der Waals surface area contributed by atoms with Crippen molar-refractivity contribution >= 4 is 39.9 Å². The van der Waals surface area contributed by atoms with E-state index >= 15 is 0 Å². The Morgan fingerprint density at radius 3 is 2.41 bits per heavy atom. The number of nitrogen functional groups attached to an aromatic ring is 1. The van der Waals surface area contributed by atoms with Crippen LogP contribution in [-0.2, 0) is 20.9 Å². The number of anilines is 2. The maximum absolute atomic E-state index is 12.2. The van der Waals surface area contributed by atoms with E-state index in [-0.39, 0.29) is 45.7 Å². The molecule has 9 heteroatoms. The number of rotatable bonds is 6. The highest BCUT2D eigenvalue weighted by Crippen LogP contribution is 2.32. The van der Waals surface area contributed by atoms with Crippen molar-refractivity contribution < 1.29 is 23.9 Å². The molecule has 2 aromatic rings. The van der Waals surface area contributed by atoms with Crippen molar-refractivity contribution in [3.05, 3.63) is 45.8 Å². The van der Waals surface area contributed by atoms with Gasteiger partial charge in [0.15, 0.2) is 0 Å². The number of benzene rings is 1. The van der Waals surface area contributed by atoms with Crippen LogP contribution >= 0.6 is 11.3 Å².